The molecular formula is C7H4ClN3O2S. The zero-order valence-corrected chi connectivity index (χ0v) is 8.30. The molecule has 0 saturated heterocycles. The number of aromatic nitrogens is 2. The van der Waals surface area contributed by atoms with Gasteiger partial charge in [0, 0.05) is 0 Å². The van der Waals surface area contributed by atoms with Crippen molar-refractivity contribution in [1.29, 1.82) is 0 Å². The van der Waals surface area contributed by atoms with Crippen molar-refractivity contribution in [2.75, 3.05) is 0 Å². The van der Waals surface area contributed by atoms with Gasteiger partial charge in [0.05, 0.1) is 9.21 Å². The number of rotatable bonds is 2. The minimum Gasteiger partial charge on any atom is -0.358 e. The van der Waals surface area contributed by atoms with E-state index in [-0.39, 0.29) is 5.82 Å². The molecule has 0 bridgehead atoms. The quantitative estimate of drug-likeness (QED) is 0.636. The number of nitro groups is 1. The second-order valence-electron chi connectivity index (χ2n) is 2.48. The maximum Gasteiger partial charge on any atom is 0.340 e. The lowest BCUT2D eigenvalue weighted by Crippen LogP contribution is -1.86. The van der Waals surface area contributed by atoms with Gasteiger partial charge in [-0.3, -0.25) is 0 Å². The Morgan fingerprint density at radius 3 is 2.86 bits per heavy atom. The predicted octanol–water partition coefficient (Wildman–Crippen LogP) is 2.70. The van der Waals surface area contributed by atoms with E-state index >= 15 is 0 Å². The maximum atomic E-state index is 10.4. The van der Waals surface area contributed by atoms with Crippen LogP contribution in [0.2, 0.25) is 4.34 Å². The third kappa shape index (κ3) is 1.61. The van der Waals surface area contributed by atoms with Crippen LogP contribution in [-0.2, 0) is 0 Å². The minimum absolute atomic E-state index is 0.121. The van der Waals surface area contributed by atoms with E-state index in [0.29, 0.717) is 10.2 Å². The average molecular weight is 230 g/mol. The summed E-state index contributed by atoms with van der Waals surface area (Å²) in [5.41, 5.74) is 0. The zero-order valence-electron chi connectivity index (χ0n) is 6.73. The average Bonchev–Trinajstić information content (AvgIpc) is 2.70. The number of hydrogen-bond acceptors (Lipinski definition) is 4. The van der Waals surface area contributed by atoms with Crippen LogP contribution < -0.4 is 0 Å². The van der Waals surface area contributed by atoms with Gasteiger partial charge in [0.25, 0.3) is 0 Å². The smallest absolute Gasteiger partial charge is 0.340 e. The third-order valence-electron chi connectivity index (χ3n) is 1.57. The van der Waals surface area contributed by atoms with E-state index < -0.39 is 4.92 Å². The summed E-state index contributed by atoms with van der Waals surface area (Å²) in [5.74, 6) is 0.345. The van der Waals surface area contributed by atoms with E-state index in [4.69, 9.17) is 11.6 Å². The van der Waals surface area contributed by atoms with Crippen molar-refractivity contribution >= 4 is 28.8 Å². The van der Waals surface area contributed by atoms with Gasteiger partial charge in [0.15, 0.2) is 0 Å². The van der Waals surface area contributed by atoms with Crippen LogP contribution in [0.15, 0.2) is 18.3 Å². The maximum absolute atomic E-state index is 10.4. The molecule has 0 aliphatic heterocycles. The molecule has 0 amide bonds. The second-order valence-corrected chi connectivity index (χ2v) is 4.19. The highest BCUT2D eigenvalue weighted by atomic mass is 35.5. The number of H-pyrrole nitrogens is 1. The molecule has 2 heterocycles. The molecule has 0 aliphatic carbocycles. The summed E-state index contributed by atoms with van der Waals surface area (Å²) >= 11 is 7.04. The fourth-order valence-corrected chi connectivity index (χ4v) is 1.97. The number of nitrogens with one attached hydrogen (secondary N) is 1. The van der Waals surface area contributed by atoms with Crippen molar-refractivity contribution in [2.24, 2.45) is 0 Å². The molecule has 0 fully saturated rings. The van der Waals surface area contributed by atoms with Gasteiger partial charge >= 0.3 is 5.82 Å². The van der Waals surface area contributed by atoms with Crippen molar-refractivity contribution in [1.82, 2.24) is 9.97 Å². The van der Waals surface area contributed by atoms with E-state index in [0.717, 1.165) is 4.88 Å². The molecule has 5 nitrogen and oxygen atoms in total. The van der Waals surface area contributed by atoms with Crippen LogP contribution in [0.5, 0.6) is 0 Å². The van der Waals surface area contributed by atoms with Gasteiger partial charge in [-0.15, -0.1) is 11.3 Å². The Hall–Kier alpha value is -1.40. The Bertz CT molecular complexity index is 479. The molecule has 2 aromatic heterocycles. The topological polar surface area (TPSA) is 71.8 Å². The van der Waals surface area contributed by atoms with Crippen LogP contribution in [0.25, 0.3) is 10.7 Å². The largest absolute Gasteiger partial charge is 0.358 e. The molecule has 0 atom stereocenters. The predicted molar refractivity (Wildman–Crippen MR) is 53.6 cm³/mol. The Labute approximate surface area is 87.5 Å². The fourth-order valence-electron chi connectivity index (χ4n) is 0.971. The van der Waals surface area contributed by atoms with Crippen LogP contribution in [0, 0.1) is 10.1 Å². The Morgan fingerprint density at radius 1 is 1.57 bits per heavy atom. The number of hydrogen-bond donors (Lipinski definition) is 1. The number of imidazole rings is 1. The summed E-state index contributed by atoms with van der Waals surface area (Å²) in [4.78, 5) is 17.1. The molecule has 14 heavy (non-hydrogen) atoms. The molecule has 0 spiro atoms. The monoisotopic (exact) mass is 229 g/mol. The summed E-state index contributed by atoms with van der Waals surface area (Å²) in [7, 11) is 0. The molecule has 2 aromatic rings. The first-order valence-electron chi connectivity index (χ1n) is 3.62. The summed E-state index contributed by atoms with van der Waals surface area (Å²) in [6, 6.07) is 3.48. The molecule has 0 aliphatic rings. The number of halogens is 1. The first kappa shape index (κ1) is 9.17. The SMILES string of the molecule is O=[N+]([O-])c1cnc(-c2ccc(Cl)s2)[nH]1. The Morgan fingerprint density at radius 2 is 2.36 bits per heavy atom. The van der Waals surface area contributed by atoms with E-state index in [2.05, 4.69) is 9.97 Å². The van der Waals surface area contributed by atoms with E-state index in [1.54, 1.807) is 12.1 Å². The lowest BCUT2D eigenvalue weighted by molar-refractivity contribution is -0.389. The normalized spacial score (nSPS) is 10.4. The number of nitrogens with zero attached hydrogens (tertiary/aromatic N) is 2. The lowest BCUT2D eigenvalue weighted by atomic mass is 10.4. The van der Waals surface area contributed by atoms with Crippen LogP contribution in [0.3, 0.4) is 0 Å². The van der Waals surface area contributed by atoms with Crippen molar-refractivity contribution in [3.05, 3.63) is 32.8 Å². The molecule has 7 heteroatoms. The highest BCUT2D eigenvalue weighted by Gasteiger charge is 2.13. The van der Waals surface area contributed by atoms with Gasteiger partial charge in [-0.25, -0.2) is 9.97 Å². The van der Waals surface area contributed by atoms with Crippen LogP contribution in [-0.4, -0.2) is 14.9 Å². The van der Waals surface area contributed by atoms with Gasteiger partial charge in [-0.1, -0.05) is 11.6 Å². The summed E-state index contributed by atoms with van der Waals surface area (Å²) in [6.45, 7) is 0. The van der Waals surface area contributed by atoms with Gasteiger partial charge in [-0.05, 0) is 17.1 Å². The molecule has 0 unspecified atom stereocenters. The molecular weight excluding hydrogens is 226 g/mol. The molecule has 1 N–H and O–H groups in total. The minimum atomic E-state index is -0.522. The third-order valence-corrected chi connectivity index (χ3v) is 2.80. The highest BCUT2D eigenvalue weighted by Crippen LogP contribution is 2.29. The summed E-state index contributed by atoms with van der Waals surface area (Å²) in [5, 5.41) is 10.4. The van der Waals surface area contributed by atoms with E-state index in [9.17, 15) is 10.1 Å². The van der Waals surface area contributed by atoms with Crippen molar-refractivity contribution in [3.8, 4) is 10.7 Å². The number of aromatic amines is 1. The van der Waals surface area contributed by atoms with Crippen molar-refractivity contribution in [3.63, 3.8) is 0 Å². The molecule has 0 radical (unpaired) electrons. The van der Waals surface area contributed by atoms with Crippen molar-refractivity contribution in [2.45, 2.75) is 0 Å². The van der Waals surface area contributed by atoms with E-state index in [1.165, 1.54) is 17.5 Å². The molecule has 0 aromatic carbocycles. The molecule has 2 rings (SSSR count). The second kappa shape index (κ2) is 3.39. The molecule has 0 saturated carbocycles. The first-order chi connectivity index (χ1) is 6.66. The van der Waals surface area contributed by atoms with Crippen molar-refractivity contribution < 1.29 is 4.92 Å². The van der Waals surface area contributed by atoms with Crippen LogP contribution in [0.1, 0.15) is 0 Å². The number of thiophene rings is 1. The lowest BCUT2D eigenvalue weighted by Gasteiger charge is -1.86. The van der Waals surface area contributed by atoms with Gasteiger partial charge in [0.2, 0.25) is 5.82 Å². The summed E-state index contributed by atoms with van der Waals surface area (Å²) in [6.07, 6.45) is 1.18. The van der Waals surface area contributed by atoms with Crippen LogP contribution in [0.4, 0.5) is 5.82 Å². The van der Waals surface area contributed by atoms with Crippen LogP contribution >= 0.6 is 22.9 Å². The summed E-state index contributed by atoms with van der Waals surface area (Å²) < 4.78 is 0.624. The first-order valence-corrected chi connectivity index (χ1v) is 4.81. The Balaban J connectivity index is 2.38. The standard InChI is InChI=1S/C7H4ClN3O2S/c8-5-2-1-4(14-5)7-9-3-6(10-7)11(12)13/h1-3H,(H,9,10). The van der Waals surface area contributed by atoms with Gasteiger partial charge < -0.3 is 10.1 Å². The highest BCUT2D eigenvalue weighted by molar-refractivity contribution is 7.19. The van der Waals surface area contributed by atoms with Gasteiger partial charge in [0.1, 0.15) is 6.20 Å². The van der Waals surface area contributed by atoms with E-state index in [1.807, 2.05) is 0 Å². The fraction of sp³-hybridized carbons (Fsp3) is 0. The van der Waals surface area contributed by atoms with Gasteiger partial charge in [-0.2, -0.15) is 0 Å². The molecule has 72 valence electrons. The Kier molecular flexibility index (Phi) is 2.22. The zero-order chi connectivity index (χ0) is 10.1.